The third kappa shape index (κ3) is 4.05. The lowest BCUT2D eigenvalue weighted by Gasteiger charge is -2.18. The van der Waals surface area contributed by atoms with Gasteiger partial charge in [-0.25, -0.2) is 15.0 Å². The molecule has 0 spiro atoms. The van der Waals surface area contributed by atoms with Gasteiger partial charge in [0.1, 0.15) is 23.4 Å². The Morgan fingerprint density at radius 3 is 2.77 bits per heavy atom. The maximum Gasteiger partial charge on any atom is 0.243 e. The third-order valence-corrected chi connectivity index (χ3v) is 4.78. The first kappa shape index (κ1) is 19.7. The molecule has 154 valence electrons. The van der Waals surface area contributed by atoms with E-state index in [1.165, 1.54) is 0 Å². The topological polar surface area (TPSA) is 114 Å². The van der Waals surface area contributed by atoms with Crippen molar-refractivity contribution >= 4 is 16.9 Å². The molecular formula is C21H24N8O. The van der Waals surface area contributed by atoms with Gasteiger partial charge in [0.15, 0.2) is 0 Å². The molecule has 1 amide bonds. The summed E-state index contributed by atoms with van der Waals surface area (Å²) >= 11 is 0. The maximum atomic E-state index is 12.9. The fourth-order valence-electron chi connectivity index (χ4n) is 3.37. The second-order valence-corrected chi connectivity index (χ2v) is 7.57. The summed E-state index contributed by atoms with van der Waals surface area (Å²) in [6.45, 7) is 6.42. The molecule has 4 rings (SSSR count). The first-order valence-corrected chi connectivity index (χ1v) is 9.94. The van der Waals surface area contributed by atoms with E-state index in [-0.39, 0.29) is 12.5 Å². The highest BCUT2D eigenvalue weighted by Crippen LogP contribution is 2.23. The normalized spacial score (nSPS) is 12.4. The molecule has 0 saturated heterocycles. The summed E-state index contributed by atoms with van der Waals surface area (Å²) in [4.78, 5) is 30.3. The number of rotatable bonds is 7. The highest BCUT2D eigenvalue weighted by atomic mass is 16.2. The van der Waals surface area contributed by atoms with Crippen molar-refractivity contribution in [3.05, 3.63) is 54.5 Å². The number of aromatic amines is 1. The van der Waals surface area contributed by atoms with E-state index in [9.17, 15) is 4.79 Å². The van der Waals surface area contributed by atoms with E-state index in [1.54, 1.807) is 18.6 Å². The summed E-state index contributed by atoms with van der Waals surface area (Å²) in [5, 5.41) is 9.92. The summed E-state index contributed by atoms with van der Waals surface area (Å²) in [7, 11) is 0. The van der Waals surface area contributed by atoms with Gasteiger partial charge in [-0.2, -0.15) is 5.10 Å². The Morgan fingerprint density at radius 1 is 1.17 bits per heavy atom. The second-order valence-electron chi connectivity index (χ2n) is 7.57. The first-order valence-electron chi connectivity index (χ1n) is 9.94. The smallest absolute Gasteiger partial charge is 0.243 e. The standard InChI is InChI=1S/C21H24N8O/c1-13(2)10-19-25-15-6-4-5-7-17(15)29(19)14(3)21(30)24-12-18-26-20(28-27-18)16-11-22-8-9-23-16/h4-9,11,13-14H,10,12H2,1-3H3,(H,24,30)(H,26,27,28). The van der Waals surface area contributed by atoms with Crippen molar-refractivity contribution < 1.29 is 4.79 Å². The van der Waals surface area contributed by atoms with Crippen molar-refractivity contribution in [3.8, 4) is 11.5 Å². The molecule has 0 saturated carbocycles. The quantitative estimate of drug-likeness (QED) is 0.489. The van der Waals surface area contributed by atoms with Gasteiger partial charge >= 0.3 is 0 Å². The second kappa shape index (κ2) is 8.40. The van der Waals surface area contributed by atoms with Gasteiger partial charge in [0.05, 0.1) is 23.8 Å². The van der Waals surface area contributed by atoms with E-state index in [2.05, 4.69) is 44.3 Å². The molecule has 0 aliphatic carbocycles. The lowest BCUT2D eigenvalue weighted by Crippen LogP contribution is -2.31. The van der Waals surface area contributed by atoms with Crippen LogP contribution >= 0.6 is 0 Å². The average Bonchev–Trinajstić information content (AvgIpc) is 3.36. The molecule has 30 heavy (non-hydrogen) atoms. The number of fused-ring (bicyclic) bond motifs is 1. The molecule has 9 heteroatoms. The van der Waals surface area contributed by atoms with E-state index in [0.29, 0.717) is 23.3 Å². The van der Waals surface area contributed by atoms with Crippen molar-refractivity contribution in [3.63, 3.8) is 0 Å². The number of imidazole rings is 1. The Morgan fingerprint density at radius 2 is 2.00 bits per heavy atom. The lowest BCUT2D eigenvalue weighted by molar-refractivity contribution is -0.124. The number of carbonyl (C=O) groups is 1. The Labute approximate surface area is 174 Å². The fraction of sp³-hybridized carbons (Fsp3) is 0.333. The first-order chi connectivity index (χ1) is 14.5. The molecule has 1 atom stereocenters. The van der Waals surface area contributed by atoms with Crippen molar-refractivity contribution in [2.24, 2.45) is 5.92 Å². The van der Waals surface area contributed by atoms with Crippen LogP contribution < -0.4 is 5.32 Å². The van der Waals surface area contributed by atoms with E-state index < -0.39 is 6.04 Å². The van der Waals surface area contributed by atoms with E-state index in [1.807, 2.05) is 35.8 Å². The Hall–Kier alpha value is -3.62. The summed E-state index contributed by atoms with van der Waals surface area (Å²) in [6, 6.07) is 7.49. The minimum Gasteiger partial charge on any atom is -0.347 e. The van der Waals surface area contributed by atoms with Crippen LogP contribution in [0.5, 0.6) is 0 Å². The van der Waals surface area contributed by atoms with Crippen LogP contribution in [0.15, 0.2) is 42.9 Å². The van der Waals surface area contributed by atoms with Crippen molar-refractivity contribution in [1.29, 1.82) is 0 Å². The van der Waals surface area contributed by atoms with E-state index >= 15 is 0 Å². The van der Waals surface area contributed by atoms with Gasteiger partial charge in [0, 0.05) is 18.8 Å². The molecule has 0 fully saturated rings. The zero-order valence-corrected chi connectivity index (χ0v) is 17.2. The Balaban J connectivity index is 1.50. The molecular weight excluding hydrogens is 380 g/mol. The molecule has 1 aromatic carbocycles. The van der Waals surface area contributed by atoms with Crippen LogP contribution in [-0.2, 0) is 17.8 Å². The zero-order valence-electron chi connectivity index (χ0n) is 17.2. The number of amides is 1. The summed E-state index contributed by atoms with van der Waals surface area (Å²) in [5.74, 6) is 2.23. The van der Waals surface area contributed by atoms with Crippen molar-refractivity contribution in [2.45, 2.75) is 39.8 Å². The van der Waals surface area contributed by atoms with Crippen molar-refractivity contribution in [2.75, 3.05) is 0 Å². The van der Waals surface area contributed by atoms with Gasteiger partial charge in [-0.3, -0.25) is 14.9 Å². The number of benzene rings is 1. The van der Waals surface area contributed by atoms with E-state index in [0.717, 1.165) is 23.3 Å². The molecule has 2 N–H and O–H groups in total. The van der Waals surface area contributed by atoms with Gasteiger partial charge in [0.2, 0.25) is 11.7 Å². The molecule has 0 aliphatic rings. The zero-order chi connectivity index (χ0) is 21.1. The van der Waals surface area contributed by atoms with Crippen LogP contribution in [0.4, 0.5) is 0 Å². The van der Waals surface area contributed by atoms with Gasteiger partial charge in [-0.15, -0.1) is 0 Å². The largest absolute Gasteiger partial charge is 0.347 e. The molecule has 0 radical (unpaired) electrons. The highest BCUT2D eigenvalue weighted by Gasteiger charge is 2.22. The van der Waals surface area contributed by atoms with Gasteiger partial charge in [0.25, 0.3) is 0 Å². The number of nitrogens with one attached hydrogen (secondary N) is 2. The minimum atomic E-state index is -0.409. The molecule has 1 unspecified atom stereocenters. The molecule has 3 heterocycles. The van der Waals surface area contributed by atoms with Crippen LogP contribution in [0.3, 0.4) is 0 Å². The summed E-state index contributed by atoms with van der Waals surface area (Å²) < 4.78 is 2.02. The maximum absolute atomic E-state index is 12.9. The van der Waals surface area contributed by atoms with Gasteiger partial charge < -0.3 is 9.88 Å². The fourth-order valence-corrected chi connectivity index (χ4v) is 3.37. The SMILES string of the molecule is CC(C)Cc1nc2ccccc2n1C(C)C(=O)NCc1nc(-c2cnccn2)n[nH]1. The number of aromatic nitrogens is 7. The number of carbonyl (C=O) groups excluding carboxylic acids is 1. The predicted octanol–water partition coefficient (Wildman–Crippen LogP) is 2.69. The molecule has 9 nitrogen and oxygen atoms in total. The van der Waals surface area contributed by atoms with Crippen LogP contribution in [0, 0.1) is 5.92 Å². The number of H-pyrrole nitrogens is 1. The van der Waals surface area contributed by atoms with Gasteiger partial charge in [-0.05, 0) is 25.0 Å². The van der Waals surface area contributed by atoms with Crippen LogP contribution in [-0.4, -0.2) is 40.6 Å². The highest BCUT2D eigenvalue weighted by molar-refractivity contribution is 5.84. The van der Waals surface area contributed by atoms with E-state index in [4.69, 9.17) is 4.98 Å². The van der Waals surface area contributed by atoms with Crippen LogP contribution in [0.1, 0.15) is 38.5 Å². The number of nitrogens with zero attached hydrogens (tertiary/aromatic N) is 6. The predicted molar refractivity (Wildman–Crippen MR) is 112 cm³/mol. The molecule has 3 aromatic heterocycles. The Bertz CT molecular complexity index is 1150. The van der Waals surface area contributed by atoms with Crippen LogP contribution in [0.25, 0.3) is 22.6 Å². The summed E-state index contributed by atoms with van der Waals surface area (Å²) in [6.07, 6.45) is 5.56. The Kier molecular flexibility index (Phi) is 5.51. The average molecular weight is 404 g/mol. The van der Waals surface area contributed by atoms with Crippen molar-refractivity contribution in [1.82, 2.24) is 40.0 Å². The number of hydrogen-bond acceptors (Lipinski definition) is 6. The summed E-state index contributed by atoms with van der Waals surface area (Å²) in [5.41, 5.74) is 2.43. The number of para-hydroxylation sites is 2. The lowest BCUT2D eigenvalue weighted by atomic mass is 10.1. The van der Waals surface area contributed by atoms with Gasteiger partial charge in [-0.1, -0.05) is 26.0 Å². The number of hydrogen-bond donors (Lipinski definition) is 2. The molecule has 0 aliphatic heterocycles. The molecule has 4 aromatic rings. The molecule has 0 bridgehead atoms. The third-order valence-electron chi connectivity index (χ3n) is 4.78. The van der Waals surface area contributed by atoms with Crippen LogP contribution in [0.2, 0.25) is 0 Å². The minimum absolute atomic E-state index is 0.111. The monoisotopic (exact) mass is 404 g/mol.